The maximum Gasteiger partial charge on any atom is 0.264 e. The van der Waals surface area contributed by atoms with E-state index in [1.165, 1.54) is 5.19 Å². The molecule has 9 nitrogen and oxygen atoms in total. The number of fused-ring (bicyclic) bond motifs is 2. The summed E-state index contributed by atoms with van der Waals surface area (Å²) in [5.74, 6) is 0.400. The minimum atomic E-state index is -2.49. The molecule has 4 atom stereocenters. The van der Waals surface area contributed by atoms with Crippen molar-refractivity contribution in [2.24, 2.45) is 5.92 Å². The van der Waals surface area contributed by atoms with Crippen molar-refractivity contribution in [2.45, 2.75) is 88.9 Å². The Hall–Kier alpha value is -4.77. The van der Waals surface area contributed by atoms with E-state index in [4.69, 9.17) is 9.47 Å². The van der Waals surface area contributed by atoms with Gasteiger partial charge in [0, 0.05) is 43.2 Å². The second-order valence-corrected chi connectivity index (χ2v) is 20.9. The predicted molar refractivity (Wildman–Crippen MR) is 223 cm³/mol. The van der Waals surface area contributed by atoms with Gasteiger partial charge in [-0.3, -0.25) is 14.4 Å². The number of para-hydroxylation sites is 1. The van der Waals surface area contributed by atoms with E-state index < -0.39 is 19.8 Å². The van der Waals surface area contributed by atoms with Gasteiger partial charge in [-0.2, -0.15) is 0 Å². The van der Waals surface area contributed by atoms with E-state index in [1.807, 2.05) is 101 Å². The molecule has 3 aliphatic rings. The van der Waals surface area contributed by atoms with Gasteiger partial charge in [0.05, 0.1) is 46.5 Å². The van der Waals surface area contributed by atoms with E-state index >= 15 is 4.79 Å². The van der Waals surface area contributed by atoms with Crippen LogP contribution in [0.2, 0.25) is 18.6 Å². The Labute approximate surface area is 332 Å². The van der Waals surface area contributed by atoms with Crippen LogP contribution in [0.4, 0.5) is 11.4 Å². The van der Waals surface area contributed by atoms with Crippen LogP contribution in [0.1, 0.15) is 62.1 Å². The van der Waals surface area contributed by atoms with Gasteiger partial charge in [0.2, 0.25) is 11.8 Å². The Morgan fingerprint density at radius 3 is 2.38 bits per heavy atom. The van der Waals surface area contributed by atoms with Gasteiger partial charge in [-0.25, -0.2) is 0 Å². The summed E-state index contributed by atoms with van der Waals surface area (Å²) in [7, 11) is -0.836. The minimum absolute atomic E-state index is 0.0809. The zero-order valence-electron chi connectivity index (χ0n) is 33.2. The summed E-state index contributed by atoms with van der Waals surface area (Å²) in [5.41, 5.74) is 2.97. The van der Waals surface area contributed by atoms with Crippen LogP contribution in [0.3, 0.4) is 0 Å². The highest BCUT2D eigenvalue weighted by atomic mass is 28.3. The van der Waals surface area contributed by atoms with Crippen LogP contribution in [0, 0.1) is 5.92 Å². The number of hydrogen-bond donors (Lipinski definition) is 1. The van der Waals surface area contributed by atoms with Crippen molar-refractivity contribution in [3.63, 3.8) is 0 Å². The van der Waals surface area contributed by atoms with Gasteiger partial charge in [-0.1, -0.05) is 111 Å². The maximum absolute atomic E-state index is 15.3. The topological polar surface area (TPSA) is 99.6 Å². The molecule has 0 aromatic heterocycles. The van der Waals surface area contributed by atoms with Crippen LogP contribution in [-0.2, 0) is 37.8 Å². The minimum Gasteiger partial charge on any atom is -0.497 e. The van der Waals surface area contributed by atoms with Crippen LogP contribution in [0.15, 0.2) is 103 Å². The summed E-state index contributed by atoms with van der Waals surface area (Å²) in [6, 6.07) is 34.0. The second kappa shape index (κ2) is 16.8. The monoisotopic (exact) mass is 773 g/mol. The van der Waals surface area contributed by atoms with Gasteiger partial charge >= 0.3 is 0 Å². The van der Waals surface area contributed by atoms with Gasteiger partial charge < -0.3 is 29.3 Å². The largest absolute Gasteiger partial charge is 0.497 e. The van der Waals surface area contributed by atoms with Crippen LogP contribution in [0.25, 0.3) is 0 Å². The van der Waals surface area contributed by atoms with Gasteiger partial charge in [0.25, 0.3) is 5.91 Å². The van der Waals surface area contributed by atoms with Crippen molar-refractivity contribution in [1.29, 1.82) is 0 Å². The van der Waals surface area contributed by atoms with Gasteiger partial charge in [-0.15, -0.1) is 0 Å². The Balaban J connectivity index is 1.25. The molecule has 0 aliphatic carbocycles. The number of anilines is 2. The molecule has 2 saturated heterocycles. The molecule has 56 heavy (non-hydrogen) atoms. The second-order valence-electron chi connectivity index (χ2n) is 16.2. The molecule has 0 radical (unpaired) electrons. The lowest BCUT2D eigenvalue weighted by atomic mass is 9.82. The highest BCUT2D eigenvalue weighted by Gasteiger charge is 2.66. The summed E-state index contributed by atoms with van der Waals surface area (Å²) in [4.78, 5) is 48.3. The number of benzene rings is 4. The number of carbonyl (C=O) groups is 3. The number of hydrogen-bond acceptors (Lipinski definition) is 6. The van der Waals surface area contributed by atoms with E-state index in [0.29, 0.717) is 26.1 Å². The van der Waals surface area contributed by atoms with Crippen LogP contribution in [-0.4, -0.2) is 68.7 Å². The molecule has 0 saturated carbocycles. The molecular weight excluding hydrogens is 719 g/mol. The standard InChI is InChI=1S/C46H55N3O6Si/c1-33-44(56(3,4)38-24-22-37(54-2)23-25-38)41(30-43(52)47(27-28-50)31-34-15-8-7-9-16-34)55-46(33)39-19-11-12-20-40(39)49(45(46)53)32-35-17-14-18-36(29-35)48-26-13-6-5-10-21-42(48)51/h7-9,11-12,14-20,22-25,29,33,41,44,50H,5-6,10,13,21,26-28,30-32H2,1-4H3/t33-,41+,44-,46+/m0/s1. The fraction of sp³-hybridized carbons (Fsp3) is 0.413. The number of aliphatic hydroxyl groups excluding tert-OH is 1. The number of aliphatic hydroxyl groups is 1. The molecule has 0 unspecified atom stereocenters. The van der Waals surface area contributed by atoms with E-state index in [2.05, 4.69) is 32.2 Å². The number of nitrogens with zero attached hydrogens (tertiary/aromatic N) is 3. The summed E-state index contributed by atoms with van der Waals surface area (Å²) in [5, 5.41) is 11.2. The van der Waals surface area contributed by atoms with E-state index in [9.17, 15) is 14.7 Å². The van der Waals surface area contributed by atoms with Gasteiger partial charge in [0.1, 0.15) is 5.75 Å². The fourth-order valence-corrected chi connectivity index (χ4v) is 13.6. The van der Waals surface area contributed by atoms with E-state index in [1.54, 1.807) is 12.0 Å². The van der Waals surface area contributed by atoms with Crippen molar-refractivity contribution in [3.05, 3.63) is 120 Å². The van der Waals surface area contributed by atoms with Crippen LogP contribution >= 0.6 is 0 Å². The van der Waals surface area contributed by atoms with Crippen LogP contribution < -0.4 is 19.7 Å². The normalized spacial score (nSPS) is 22.6. The lowest BCUT2D eigenvalue weighted by Crippen LogP contribution is -2.52. The quantitative estimate of drug-likeness (QED) is 0.154. The molecule has 3 aliphatic heterocycles. The molecule has 7 rings (SSSR count). The van der Waals surface area contributed by atoms with Gasteiger partial charge in [0.15, 0.2) is 5.60 Å². The fourth-order valence-electron chi connectivity index (χ4n) is 9.58. The Kier molecular flexibility index (Phi) is 11.8. The van der Waals surface area contributed by atoms with Crippen molar-refractivity contribution in [1.82, 2.24) is 4.90 Å². The highest BCUT2D eigenvalue weighted by molar-refractivity contribution is 6.91. The number of carbonyl (C=O) groups excluding carboxylic acids is 3. The molecular formula is C46H55N3O6Si. The molecule has 4 aromatic rings. The third-order valence-electron chi connectivity index (χ3n) is 12.4. The predicted octanol–water partition coefficient (Wildman–Crippen LogP) is 7.17. The first kappa shape index (κ1) is 39.5. The SMILES string of the molecule is COc1ccc([Si](C)(C)[C@@H]2[C@@H](CC(=O)N(CCO)Cc3ccccc3)O[C@]3(C(=O)N(Cc4cccc(N5CCCCCCC5=O)c4)c4ccccc43)[C@H]2C)cc1. The summed E-state index contributed by atoms with van der Waals surface area (Å²) >= 11 is 0. The number of methoxy groups -OCH3 is 1. The van der Waals surface area contributed by atoms with E-state index in [0.717, 1.165) is 59.5 Å². The average Bonchev–Trinajstić information content (AvgIpc) is 3.62. The smallest absolute Gasteiger partial charge is 0.264 e. The first-order chi connectivity index (χ1) is 27.1. The molecule has 2 fully saturated rings. The third kappa shape index (κ3) is 7.54. The van der Waals surface area contributed by atoms with Crippen molar-refractivity contribution in [2.75, 3.05) is 36.6 Å². The third-order valence-corrected chi connectivity index (χ3v) is 16.8. The van der Waals surface area contributed by atoms with Crippen molar-refractivity contribution >= 4 is 42.4 Å². The molecule has 10 heteroatoms. The lowest BCUT2D eigenvalue weighted by molar-refractivity contribution is -0.150. The maximum atomic E-state index is 15.3. The highest BCUT2D eigenvalue weighted by Crippen LogP contribution is 2.60. The van der Waals surface area contributed by atoms with Crippen LogP contribution in [0.5, 0.6) is 5.75 Å². The summed E-state index contributed by atoms with van der Waals surface area (Å²) < 4.78 is 12.8. The number of ether oxygens (including phenoxy) is 2. The van der Waals surface area contributed by atoms with E-state index in [-0.39, 0.29) is 48.8 Å². The zero-order chi connectivity index (χ0) is 39.5. The molecule has 294 valence electrons. The first-order valence-electron chi connectivity index (χ1n) is 20.1. The molecule has 3 amide bonds. The number of rotatable bonds is 12. The van der Waals surface area contributed by atoms with Gasteiger partial charge in [-0.05, 0) is 59.8 Å². The number of amides is 3. The lowest BCUT2D eigenvalue weighted by Gasteiger charge is -2.37. The zero-order valence-corrected chi connectivity index (χ0v) is 34.2. The Bertz CT molecular complexity index is 2020. The molecule has 4 aromatic carbocycles. The molecule has 1 spiro atoms. The Morgan fingerprint density at radius 1 is 0.911 bits per heavy atom. The molecule has 0 bridgehead atoms. The molecule has 3 heterocycles. The first-order valence-corrected chi connectivity index (χ1v) is 23.2. The average molecular weight is 774 g/mol. The Morgan fingerprint density at radius 2 is 1.62 bits per heavy atom. The summed E-state index contributed by atoms with van der Waals surface area (Å²) in [6.45, 7) is 8.18. The van der Waals surface area contributed by atoms with Crippen molar-refractivity contribution in [3.8, 4) is 5.75 Å². The summed E-state index contributed by atoms with van der Waals surface area (Å²) in [6.07, 6.45) is 4.15. The molecule has 1 N–H and O–H groups in total. The van der Waals surface area contributed by atoms with Crippen molar-refractivity contribution < 1.29 is 29.0 Å².